The predicted octanol–water partition coefficient (Wildman–Crippen LogP) is -1.80. The molecule has 0 saturated heterocycles. The first kappa shape index (κ1) is 13.8. The highest BCUT2D eigenvalue weighted by atomic mass is 16.6. The van der Waals surface area contributed by atoms with E-state index in [4.69, 9.17) is 9.84 Å². The van der Waals surface area contributed by atoms with Gasteiger partial charge in [0.25, 0.3) is 0 Å². The molecule has 0 aromatic heterocycles. The molecule has 1 rings (SSSR count). The van der Waals surface area contributed by atoms with Gasteiger partial charge in [-0.1, -0.05) is 13.3 Å². The van der Waals surface area contributed by atoms with Gasteiger partial charge in [-0.25, -0.2) is 0 Å². The molecule has 0 aromatic carbocycles. The summed E-state index contributed by atoms with van der Waals surface area (Å²) in [5.74, 6) is -0.987. The molecule has 16 heavy (non-hydrogen) atoms. The molecule has 0 bridgehead atoms. The highest BCUT2D eigenvalue weighted by molar-refractivity contribution is 5.12. The van der Waals surface area contributed by atoms with Gasteiger partial charge >= 0.3 is 0 Å². The molecule has 5 atom stereocenters. The molecule has 1 fully saturated rings. The van der Waals surface area contributed by atoms with Crippen molar-refractivity contribution >= 4 is 0 Å². The molecule has 96 valence electrons. The van der Waals surface area contributed by atoms with E-state index in [0.29, 0.717) is 0 Å². The molecule has 1 aliphatic rings. The molecular weight excluding hydrogens is 216 g/mol. The first-order chi connectivity index (χ1) is 7.50. The molecule has 5 N–H and O–H groups in total. The van der Waals surface area contributed by atoms with Crippen LogP contribution in [0, 0.1) is 5.92 Å². The van der Waals surface area contributed by atoms with Gasteiger partial charge in [0.2, 0.25) is 0 Å². The van der Waals surface area contributed by atoms with E-state index in [1.165, 1.54) is 0 Å². The lowest BCUT2D eigenvalue weighted by molar-refractivity contribution is -0.347. The summed E-state index contributed by atoms with van der Waals surface area (Å²) in [5.41, 5.74) is -1.98. The summed E-state index contributed by atoms with van der Waals surface area (Å²) in [4.78, 5) is 0. The normalized spacial score (nSPS) is 40.5. The molecular formula is C10H20O6. The van der Waals surface area contributed by atoms with Gasteiger partial charge in [-0.3, -0.25) is 0 Å². The van der Waals surface area contributed by atoms with E-state index in [9.17, 15) is 20.4 Å². The van der Waals surface area contributed by atoms with Crippen LogP contribution in [0.3, 0.4) is 0 Å². The van der Waals surface area contributed by atoms with Crippen molar-refractivity contribution in [3.8, 4) is 0 Å². The van der Waals surface area contributed by atoms with Gasteiger partial charge in [0.05, 0.1) is 12.7 Å². The largest absolute Gasteiger partial charge is 0.396 e. The molecule has 0 aromatic rings. The summed E-state index contributed by atoms with van der Waals surface area (Å²) in [5, 5.41) is 47.2. The third-order valence-corrected chi connectivity index (χ3v) is 3.17. The molecule has 0 heterocycles. The van der Waals surface area contributed by atoms with Gasteiger partial charge < -0.3 is 30.3 Å². The SMILES string of the molecule is CCCCOC(O)C1(O)C(O)C(O)C1CO. The minimum absolute atomic E-state index is 0.251. The summed E-state index contributed by atoms with van der Waals surface area (Å²) < 4.78 is 4.96. The van der Waals surface area contributed by atoms with E-state index >= 15 is 0 Å². The third kappa shape index (κ3) is 2.09. The van der Waals surface area contributed by atoms with E-state index in [1.807, 2.05) is 6.92 Å². The van der Waals surface area contributed by atoms with Gasteiger partial charge in [0.1, 0.15) is 6.10 Å². The molecule has 6 heteroatoms. The number of ether oxygens (including phenoxy) is 1. The fraction of sp³-hybridized carbons (Fsp3) is 1.00. The van der Waals surface area contributed by atoms with Gasteiger partial charge in [-0.2, -0.15) is 0 Å². The van der Waals surface area contributed by atoms with Gasteiger partial charge in [0.15, 0.2) is 11.9 Å². The molecule has 0 radical (unpaired) electrons. The van der Waals surface area contributed by atoms with E-state index in [0.717, 1.165) is 12.8 Å². The molecule has 0 spiro atoms. The molecule has 5 unspecified atom stereocenters. The highest BCUT2D eigenvalue weighted by Gasteiger charge is 2.64. The smallest absolute Gasteiger partial charge is 0.186 e. The van der Waals surface area contributed by atoms with E-state index in [1.54, 1.807) is 0 Å². The maximum absolute atomic E-state index is 9.93. The third-order valence-electron chi connectivity index (χ3n) is 3.17. The lowest BCUT2D eigenvalue weighted by Gasteiger charge is -2.54. The minimum Gasteiger partial charge on any atom is -0.396 e. The van der Waals surface area contributed by atoms with Crippen LogP contribution in [-0.4, -0.2) is 62.8 Å². The topological polar surface area (TPSA) is 110 Å². The van der Waals surface area contributed by atoms with E-state index in [-0.39, 0.29) is 6.61 Å². The zero-order valence-electron chi connectivity index (χ0n) is 9.28. The van der Waals surface area contributed by atoms with Crippen LogP contribution < -0.4 is 0 Å². The first-order valence-corrected chi connectivity index (χ1v) is 5.49. The van der Waals surface area contributed by atoms with Gasteiger partial charge in [0, 0.05) is 12.5 Å². The summed E-state index contributed by atoms with van der Waals surface area (Å²) in [7, 11) is 0. The Hall–Kier alpha value is -0.240. The number of hydrogen-bond acceptors (Lipinski definition) is 6. The second-order valence-corrected chi connectivity index (χ2v) is 4.19. The standard InChI is InChI=1S/C10H20O6/c1-2-3-4-16-9(14)10(15)6(5-11)7(12)8(10)13/h6-9,11-15H,2-5H2,1H3. The van der Waals surface area contributed by atoms with Crippen molar-refractivity contribution in [2.45, 2.75) is 43.9 Å². The van der Waals surface area contributed by atoms with Crippen molar-refractivity contribution in [3.05, 3.63) is 0 Å². The number of aliphatic hydroxyl groups excluding tert-OH is 4. The van der Waals surface area contributed by atoms with E-state index < -0.39 is 36.6 Å². The zero-order chi connectivity index (χ0) is 12.3. The molecule has 1 saturated carbocycles. The van der Waals surface area contributed by atoms with Crippen LogP contribution in [-0.2, 0) is 4.74 Å². The van der Waals surface area contributed by atoms with Crippen LogP contribution in [0.2, 0.25) is 0 Å². The van der Waals surface area contributed by atoms with Gasteiger partial charge in [-0.05, 0) is 6.42 Å². The lowest BCUT2D eigenvalue weighted by atomic mass is 9.64. The van der Waals surface area contributed by atoms with Crippen LogP contribution in [0.4, 0.5) is 0 Å². The Morgan fingerprint density at radius 2 is 2.00 bits per heavy atom. The lowest BCUT2D eigenvalue weighted by Crippen LogP contribution is -2.76. The summed E-state index contributed by atoms with van der Waals surface area (Å²) in [6, 6.07) is 0. The average Bonchev–Trinajstić information content (AvgIpc) is 2.28. The number of rotatable bonds is 6. The van der Waals surface area contributed by atoms with Crippen molar-refractivity contribution in [1.29, 1.82) is 0 Å². The first-order valence-electron chi connectivity index (χ1n) is 5.49. The Kier molecular flexibility index (Phi) is 4.66. The van der Waals surface area contributed by atoms with Gasteiger partial charge in [-0.15, -0.1) is 0 Å². The Morgan fingerprint density at radius 1 is 1.38 bits per heavy atom. The van der Waals surface area contributed by atoms with Crippen molar-refractivity contribution < 1.29 is 30.3 Å². The second-order valence-electron chi connectivity index (χ2n) is 4.19. The molecule has 1 aliphatic carbocycles. The number of unbranched alkanes of at least 4 members (excludes halogenated alkanes) is 1. The van der Waals surface area contributed by atoms with Crippen LogP contribution in [0.25, 0.3) is 0 Å². The number of aliphatic hydroxyl groups is 5. The Balaban J connectivity index is 2.55. The fourth-order valence-corrected chi connectivity index (χ4v) is 1.92. The van der Waals surface area contributed by atoms with Crippen LogP contribution in [0.15, 0.2) is 0 Å². The monoisotopic (exact) mass is 236 g/mol. The maximum Gasteiger partial charge on any atom is 0.186 e. The van der Waals surface area contributed by atoms with E-state index in [2.05, 4.69) is 0 Å². The highest BCUT2D eigenvalue weighted by Crippen LogP contribution is 2.41. The zero-order valence-corrected chi connectivity index (χ0v) is 9.28. The summed E-state index contributed by atoms with van der Waals surface area (Å²) in [6.07, 6.45) is -2.75. The molecule has 0 aliphatic heterocycles. The van der Waals surface area contributed by atoms with Crippen molar-refractivity contribution in [2.75, 3.05) is 13.2 Å². The van der Waals surface area contributed by atoms with Crippen LogP contribution >= 0.6 is 0 Å². The molecule has 6 nitrogen and oxygen atoms in total. The average molecular weight is 236 g/mol. The second kappa shape index (κ2) is 5.39. The fourth-order valence-electron chi connectivity index (χ4n) is 1.92. The Bertz CT molecular complexity index is 223. The quantitative estimate of drug-likeness (QED) is 0.275. The minimum atomic E-state index is -1.98. The summed E-state index contributed by atoms with van der Waals surface area (Å²) in [6.45, 7) is 1.67. The van der Waals surface area contributed by atoms with Crippen molar-refractivity contribution in [3.63, 3.8) is 0 Å². The van der Waals surface area contributed by atoms with Crippen LogP contribution in [0.1, 0.15) is 19.8 Å². The molecule has 0 amide bonds. The summed E-state index contributed by atoms with van der Waals surface area (Å²) >= 11 is 0. The van der Waals surface area contributed by atoms with Crippen molar-refractivity contribution in [2.24, 2.45) is 5.92 Å². The van der Waals surface area contributed by atoms with Crippen LogP contribution in [0.5, 0.6) is 0 Å². The number of hydrogen-bond donors (Lipinski definition) is 5. The maximum atomic E-state index is 9.93. The predicted molar refractivity (Wildman–Crippen MR) is 54.4 cm³/mol. The van der Waals surface area contributed by atoms with Crippen molar-refractivity contribution in [1.82, 2.24) is 0 Å². The Morgan fingerprint density at radius 3 is 2.50 bits per heavy atom. The Labute approximate surface area is 94.1 Å².